The van der Waals surface area contributed by atoms with E-state index in [9.17, 15) is 23.7 Å². The van der Waals surface area contributed by atoms with E-state index in [4.69, 9.17) is 0 Å². The van der Waals surface area contributed by atoms with Crippen LogP contribution in [0.25, 0.3) is 28.0 Å². The summed E-state index contributed by atoms with van der Waals surface area (Å²) in [6.45, 7) is 1.65. The third kappa shape index (κ3) is 2.82. The lowest BCUT2D eigenvalue weighted by Crippen LogP contribution is -2.14. The molecule has 0 spiro atoms. The molecule has 4 aromatic rings. The third-order valence-corrected chi connectivity index (χ3v) is 4.37. The van der Waals surface area contributed by atoms with Crippen LogP contribution < -0.4 is 5.56 Å². The highest BCUT2D eigenvalue weighted by Crippen LogP contribution is 2.30. The quantitative estimate of drug-likeness (QED) is 0.430. The molecule has 0 fully saturated rings. The van der Waals surface area contributed by atoms with E-state index in [1.807, 2.05) is 0 Å². The van der Waals surface area contributed by atoms with Gasteiger partial charge in [0.15, 0.2) is 5.65 Å². The minimum atomic E-state index is -0.778. The van der Waals surface area contributed by atoms with Crippen LogP contribution in [0, 0.1) is 28.7 Å². The fourth-order valence-electron chi connectivity index (χ4n) is 3.07. The molecule has 0 aliphatic rings. The van der Waals surface area contributed by atoms with Crippen molar-refractivity contribution in [2.24, 2.45) is 0 Å². The number of benzene rings is 2. The molecule has 0 aliphatic carbocycles. The maximum atomic E-state index is 14.3. The summed E-state index contributed by atoms with van der Waals surface area (Å²) in [5, 5.41) is 13.6. The van der Waals surface area contributed by atoms with Gasteiger partial charge in [-0.25, -0.2) is 18.3 Å². The molecule has 0 saturated carbocycles. The number of halogens is 2. The van der Waals surface area contributed by atoms with E-state index in [2.05, 4.69) is 10.1 Å². The Morgan fingerprint density at radius 2 is 1.82 bits per heavy atom. The summed E-state index contributed by atoms with van der Waals surface area (Å²) in [6.07, 6.45) is 0. The van der Waals surface area contributed by atoms with Crippen LogP contribution in [0.3, 0.4) is 0 Å². The van der Waals surface area contributed by atoms with Crippen molar-refractivity contribution in [3.63, 3.8) is 0 Å². The van der Waals surface area contributed by atoms with Crippen molar-refractivity contribution in [3.05, 3.63) is 86.3 Å². The van der Waals surface area contributed by atoms with Gasteiger partial charge in [0.2, 0.25) is 0 Å². The van der Waals surface area contributed by atoms with Crippen molar-refractivity contribution in [1.29, 1.82) is 0 Å². The van der Waals surface area contributed by atoms with Crippen LogP contribution in [0.1, 0.15) is 5.69 Å². The molecule has 9 heteroatoms. The number of aromatic amines is 1. The van der Waals surface area contributed by atoms with E-state index in [1.54, 1.807) is 6.92 Å². The van der Waals surface area contributed by atoms with Crippen molar-refractivity contribution >= 4 is 11.3 Å². The second-order valence-electron chi connectivity index (χ2n) is 6.18. The number of nitrogens with zero attached hydrogens (tertiary/aromatic N) is 3. The molecular formula is C19H12F2N4O3. The van der Waals surface area contributed by atoms with Gasteiger partial charge in [0.25, 0.3) is 11.2 Å². The van der Waals surface area contributed by atoms with Crippen LogP contribution in [0.2, 0.25) is 0 Å². The van der Waals surface area contributed by atoms with E-state index in [0.717, 1.165) is 12.1 Å². The lowest BCUT2D eigenvalue weighted by Gasteiger charge is -2.05. The van der Waals surface area contributed by atoms with E-state index < -0.39 is 22.1 Å². The Morgan fingerprint density at radius 3 is 2.46 bits per heavy atom. The molecule has 28 heavy (non-hydrogen) atoms. The number of nitrogens with one attached hydrogen (secondary N) is 1. The molecule has 0 unspecified atom stereocenters. The van der Waals surface area contributed by atoms with Crippen LogP contribution >= 0.6 is 0 Å². The van der Waals surface area contributed by atoms with E-state index in [-0.39, 0.29) is 22.6 Å². The largest absolute Gasteiger partial charge is 0.293 e. The first-order valence-corrected chi connectivity index (χ1v) is 8.18. The monoisotopic (exact) mass is 382 g/mol. The van der Waals surface area contributed by atoms with Crippen molar-refractivity contribution in [1.82, 2.24) is 14.6 Å². The highest BCUT2D eigenvalue weighted by atomic mass is 19.1. The summed E-state index contributed by atoms with van der Waals surface area (Å²) < 4.78 is 28.8. The number of aromatic nitrogens is 3. The Balaban J connectivity index is 1.95. The second kappa shape index (κ2) is 6.38. The van der Waals surface area contributed by atoms with E-state index >= 15 is 0 Å². The summed E-state index contributed by atoms with van der Waals surface area (Å²) in [4.78, 5) is 27.2. The molecule has 1 N–H and O–H groups in total. The predicted octanol–water partition coefficient (Wildman–Crippen LogP) is 3.85. The number of nitro benzene ring substituents is 1. The second-order valence-corrected chi connectivity index (χ2v) is 6.18. The van der Waals surface area contributed by atoms with Gasteiger partial charge in [0.05, 0.1) is 10.6 Å². The van der Waals surface area contributed by atoms with Crippen LogP contribution in [0.5, 0.6) is 0 Å². The Hall–Kier alpha value is -3.88. The maximum absolute atomic E-state index is 14.3. The van der Waals surface area contributed by atoms with Gasteiger partial charge in [-0.1, -0.05) is 0 Å². The molecular weight excluding hydrogens is 370 g/mol. The summed E-state index contributed by atoms with van der Waals surface area (Å²) in [6, 6.07) is 10.0. The molecule has 2 heterocycles. The number of hydrogen-bond donors (Lipinski definition) is 1. The molecule has 2 aromatic carbocycles. The lowest BCUT2D eigenvalue weighted by molar-refractivity contribution is -0.384. The first-order chi connectivity index (χ1) is 13.3. The zero-order chi connectivity index (χ0) is 20.0. The van der Waals surface area contributed by atoms with Crippen molar-refractivity contribution in [3.8, 4) is 22.4 Å². The van der Waals surface area contributed by atoms with Gasteiger partial charge < -0.3 is 0 Å². The minimum absolute atomic E-state index is 0.0897. The SMILES string of the molecule is Cc1[nH]n2c(=O)cc(-c3ccc([N+](=O)[O-])cc3)nc2c1-c1ccc(F)cc1F. The van der Waals surface area contributed by atoms with E-state index in [0.29, 0.717) is 16.8 Å². The van der Waals surface area contributed by atoms with Crippen LogP contribution in [-0.2, 0) is 0 Å². The van der Waals surface area contributed by atoms with Gasteiger partial charge in [-0.15, -0.1) is 0 Å². The topological polar surface area (TPSA) is 93.3 Å². The fraction of sp³-hybridized carbons (Fsp3) is 0.0526. The number of non-ortho nitro benzene ring substituents is 1. The molecule has 2 aromatic heterocycles. The number of nitro groups is 1. The smallest absolute Gasteiger partial charge is 0.273 e. The summed E-state index contributed by atoms with van der Waals surface area (Å²) in [7, 11) is 0. The molecule has 140 valence electrons. The number of rotatable bonds is 3. The highest BCUT2D eigenvalue weighted by Gasteiger charge is 2.18. The number of hydrogen-bond acceptors (Lipinski definition) is 4. The van der Waals surface area contributed by atoms with Crippen molar-refractivity contribution in [2.45, 2.75) is 6.92 Å². The average molecular weight is 382 g/mol. The van der Waals surface area contributed by atoms with Gasteiger partial charge in [-0.3, -0.25) is 20.0 Å². The summed E-state index contributed by atoms with van der Waals surface area (Å²) in [5.74, 6) is -1.49. The van der Waals surface area contributed by atoms with Gasteiger partial charge >= 0.3 is 0 Å². The van der Waals surface area contributed by atoms with Crippen molar-refractivity contribution in [2.75, 3.05) is 0 Å². The molecule has 0 aliphatic heterocycles. The van der Waals surface area contributed by atoms with Crippen molar-refractivity contribution < 1.29 is 13.7 Å². The summed E-state index contributed by atoms with van der Waals surface area (Å²) >= 11 is 0. The minimum Gasteiger partial charge on any atom is -0.293 e. The number of fused-ring (bicyclic) bond motifs is 1. The standard InChI is InChI=1S/C19H12F2N4O3/c1-10-18(14-7-4-12(20)8-15(14)21)19-22-16(9-17(26)24(19)23-10)11-2-5-13(6-3-11)25(27)28/h2-9,23H,1H3. The van der Waals surface area contributed by atoms with Crippen LogP contribution in [0.4, 0.5) is 14.5 Å². The first-order valence-electron chi connectivity index (χ1n) is 8.18. The molecule has 7 nitrogen and oxygen atoms in total. The molecule has 0 atom stereocenters. The zero-order valence-electron chi connectivity index (χ0n) is 14.4. The molecule has 0 radical (unpaired) electrons. The molecule has 0 saturated heterocycles. The Labute approximate surface area is 156 Å². The Kier molecular flexibility index (Phi) is 3.99. The van der Waals surface area contributed by atoms with Gasteiger partial charge in [0.1, 0.15) is 11.6 Å². The van der Waals surface area contributed by atoms with Gasteiger partial charge in [-0.2, -0.15) is 0 Å². The lowest BCUT2D eigenvalue weighted by atomic mass is 10.1. The molecule has 0 amide bonds. The van der Waals surface area contributed by atoms with Gasteiger partial charge in [-0.05, 0) is 31.2 Å². The Bertz CT molecular complexity index is 1290. The number of H-pyrrole nitrogens is 1. The maximum Gasteiger partial charge on any atom is 0.273 e. The summed E-state index contributed by atoms with van der Waals surface area (Å²) in [5.41, 5.74) is 1.34. The predicted molar refractivity (Wildman–Crippen MR) is 98.0 cm³/mol. The zero-order valence-corrected chi connectivity index (χ0v) is 14.4. The van der Waals surface area contributed by atoms with Gasteiger partial charge in [0, 0.05) is 46.6 Å². The molecule has 4 rings (SSSR count). The normalized spacial score (nSPS) is 11.1. The fourth-order valence-corrected chi connectivity index (χ4v) is 3.07. The molecule has 0 bridgehead atoms. The first kappa shape index (κ1) is 17.5. The highest BCUT2D eigenvalue weighted by molar-refractivity contribution is 5.81. The van der Waals surface area contributed by atoms with Crippen LogP contribution in [0.15, 0.2) is 53.3 Å². The van der Waals surface area contributed by atoms with E-state index in [1.165, 1.54) is 40.9 Å². The Morgan fingerprint density at radius 1 is 1.11 bits per heavy atom. The third-order valence-electron chi connectivity index (χ3n) is 4.37. The average Bonchev–Trinajstić information content (AvgIpc) is 2.98. The van der Waals surface area contributed by atoms with Crippen LogP contribution in [-0.4, -0.2) is 19.5 Å². The number of aryl methyl sites for hydroxylation is 1.